The Morgan fingerprint density at radius 1 is 1.33 bits per heavy atom. The summed E-state index contributed by atoms with van der Waals surface area (Å²) in [5.41, 5.74) is -0.111. The highest BCUT2D eigenvalue weighted by Crippen LogP contribution is 2.31. The number of hydrogen-bond acceptors (Lipinski definition) is 3. The smallest absolute Gasteiger partial charge is 0.374 e. The summed E-state index contributed by atoms with van der Waals surface area (Å²) in [5.74, 6) is -0.203. The van der Waals surface area contributed by atoms with Crippen LogP contribution in [0.15, 0.2) is 30.5 Å². The fraction of sp³-hybridized carbons (Fsp3) is 0.474. The Kier molecular flexibility index (Phi) is 4.80. The van der Waals surface area contributed by atoms with Crippen molar-refractivity contribution in [2.24, 2.45) is 0 Å². The number of amides is 1. The van der Waals surface area contributed by atoms with Crippen LogP contribution in [0.2, 0.25) is 0 Å². The van der Waals surface area contributed by atoms with Gasteiger partial charge >= 0.3 is 6.18 Å². The van der Waals surface area contributed by atoms with Gasteiger partial charge in [0.1, 0.15) is 0 Å². The molecule has 2 aromatic rings. The quantitative estimate of drug-likeness (QED) is 0.794. The van der Waals surface area contributed by atoms with Crippen LogP contribution in [-0.4, -0.2) is 45.4 Å². The molecule has 27 heavy (non-hydrogen) atoms. The van der Waals surface area contributed by atoms with Crippen molar-refractivity contribution in [1.29, 1.82) is 0 Å². The average molecular weight is 381 g/mol. The molecule has 0 aliphatic carbocycles. The highest BCUT2D eigenvalue weighted by atomic mass is 19.4. The number of alkyl halides is 3. The average Bonchev–Trinajstić information content (AvgIpc) is 2.97. The van der Waals surface area contributed by atoms with E-state index in [1.54, 1.807) is 11.8 Å². The molecule has 146 valence electrons. The van der Waals surface area contributed by atoms with Crippen molar-refractivity contribution in [1.82, 2.24) is 14.7 Å². The molecular weight excluding hydrogens is 359 g/mol. The second-order valence-corrected chi connectivity index (χ2v) is 7.45. The van der Waals surface area contributed by atoms with Crippen LogP contribution in [0.1, 0.15) is 42.4 Å². The Morgan fingerprint density at radius 3 is 2.70 bits per heavy atom. The van der Waals surface area contributed by atoms with Crippen LogP contribution in [-0.2, 0) is 10.9 Å². The number of nitrogens with zero attached hydrogens (tertiary/aromatic N) is 3. The van der Waals surface area contributed by atoms with E-state index >= 15 is 0 Å². The molecule has 1 amide bonds. The lowest BCUT2D eigenvalue weighted by atomic mass is 9.99. The molecule has 1 fully saturated rings. The second-order valence-electron chi connectivity index (χ2n) is 7.45. The molecule has 0 unspecified atom stereocenters. The third-order valence-corrected chi connectivity index (χ3v) is 4.79. The summed E-state index contributed by atoms with van der Waals surface area (Å²) in [6.07, 6.45) is -3.11. The van der Waals surface area contributed by atoms with Gasteiger partial charge in [-0.1, -0.05) is 6.07 Å². The maximum Gasteiger partial charge on any atom is 0.416 e. The minimum absolute atomic E-state index is 0.0826. The maximum atomic E-state index is 13.1. The van der Waals surface area contributed by atoms with Gasteiger partial charge in [-0.2, -0.15) is 18.3 Å². The third kappa shape index (κ3) is 3.71. The molecule has 1 aliphatic heterocycles. The number of hydrogen-bond donors (Lipinski definition) is 0. The van der Waals surface area contributed by atoms with Gasteiger partial charge in [0.05, 0.1) is 47.0 Å². The van der Waals surface area contributed by atoms with Gasteiger partial charge in [0.2, 0.25) is 0 Å². The Morgan fingerprint density at radius 2 is 2.04 bits per heavy atom. The lowest BCUT2D eigenvalue weighted by Crippen LogP contribution is -2.57. The minimum atomic E-state index is -4.44. The van der Waals surface area contributed by atoms with Gasteiger partial charge < -0.3 is 9.64 Å². The zero-order valence-electron chi connectivity index (χ0n) is 15.7. The van der Waals surface area contributed by atoms with Crippen molar-refractivity contribution < 1.29 is 22.7 Å². The molecule has 0 N–H and O–H groups in total. The lowest BCUT2D eigenvalue weighted by Gasteiger charge is -2.44. The predicted molar refractivity (Wildman–Crippen MR) is 93.8 cm³/mol. The Balaban J connectivity index is 1.95. The lowest BCUT2D eigenvalue weighted by molar-refractivity contribution is -0.137. The number of halogens is 3. The molecule has 2 heterocycles. The van der Waals surface area contributed by atoms with Gasteiger partial charge in [0.15, 0.2) is 0 Å². The van der Waals surface area contributed by atoms with Crippen molar-refractivity contribution >= 4 is 5.91 Å². The first-order valence-electron chi connectivity index (χ1n) is 8.66. The Labute approximate surface area is 155 Å². The van der Waals surface area contributed by atoms with Crippen LogP contribution in [0.3, 0.4) is 0 Å². The largest absolute Gasteiger partial charge is 0.416 e. The second kappa shape index (κ2) is 6.67. The molecule has 1 atom stereocenters. The van der Waals surface area contributed by atoms with Crippen molar-refractivity contribution in [3.05, 3.63) is 47.3 Å². The highest BCUT2D eigenvalue weighted by molar-refractivity contribution is 5.95. The molecule has 8 heteroatoms. The molecule has 3 rings (SSSR count). The number of morpholine rings is 1. The van der Waals surface area contributed by atoms with Gasteiger partial charge in [0, 0.05) is 6.54 Å². The topological polar surface area (TPSA) is 47.4 Å². The Hall–Kier alpha value is -2.35. The first-order chi connectivity index (χ1) is 12.5. The number of carbonyl (C=O) groups is 1. The van der Waals surface area contributed by atoms with E-state index in [-0.39, 0.29) is 17.7 Å². The van der Waals surface area contributed by atoms with Crippen LogP contribution in [0.5, 0.6) is 0 Å². The van der Waals surface area contributed by atoms with Gasteiger partial charge in [-0.25, -0.2) is 4.68 Å². The van der Waals surface area contributed by atoms with Gasteiger partial charge in [-0.05, 0) is 45.9 Å². The fourth-order valence-corrected chi connectivity index (χ4v) is 3.18. The summed E-state index contributed by atoms with van der Waals surface area (Å²) in [7, 11) is 0. The first kappa shape index (κ1) is 19.4. The zero-order chi connectivity index (χ0) is 20.0. The van der Waals surface area contributed by atoms with Crippen LogP contribution < -0.4 is 0 Å². The molecule has 1 aromatic carbocycles. The maximum absolute atomic E-state index is 13.1. The van der Waals surface area contributed by atoms with Crippen molar-refractivity contribution in [3.8, 4) is 5.69 Å². The zero-order valence-corrected chi connectivity index (χ0v) is 15.7. The van der Waals surface area contributed by atoms with Crippen LogP contribution in [0.4, 0.5) is 13.2 Å². The normalized spacial score (nSPS) is 20.0. The minimum Gasteiger partial charge on any atom is -0.374 e. The summed E-state index contributed by atoms with van der Waals surface area (Å²) in [4.78, 5) is 14.8. The molecule has 1 saturated heterocycles. The molecule has 5 nitrogen and oxygen atoms in total. The highest BCUT2D eigenvalue weighted by Gasteiger charge is 2.38. The number of benzene rings is 1. The third-order valence-electron chi connectivity index (χ3n) is 4.79. The summed E-state index contributed by atoms with van der Waals surface area (Å²) < 4.78 is 45.9. The van der Waals surface area contributed by atoms with Crippen molar-refractivity contribution in [3.63, 3.8) is 0 Å². The summed E-state index contributed by atoms with van der Waals surface area (Å²) in [5, 5.41) is 4.16. The molecule has 1 aromatic heterocycles. The monoisotopic (exact) mass is 381 g/mol. The van der Waals surface area contributed by atoms with E-state index in [9.17, 15) is 18.0 Å². The van der Waals surface area contributed by atoms with E-state index in [4.69, 9.17) is 4.74 Å². The summed E-state index contributed by atoms with van der Waals surface area (Å²) in [6.45, 7) is 8.28. The van der Waals surface area contributed by atoms with E-state index in [1.807, 2.05) is 20.8 Å². The standard InChI is InChI=1S/C19H22F3N3O2/c1-12-10-24(18(3,4)11-27-12)17(26)16-9-23-25(13(16)2)15-7-5-6-14(8-15)19(20,21)22/h5-9,12H,10-11H2,1-4H3/t12-/m0/s1. The number of rotatable bonds is 2. The van der Waals surface area contributed by atoms with Gasteiger partial charge in [-0.3, -0.25) is 4.79 Å². The summed E-state index contributed by atoms with van der Waals surface area (Å²) >= 11 is 0. The van der Waals surface area contributed by atoms with E-state index in [0.717, 1.165) is 12.1 Å². The molecule has 0 radical (unpaired) electrons. The molecule has 0 spiro atoms. The van der Waals surface area contributed by atoms with Crippen molar-refractivity contribution in [2.75, 3.05) is 13.2 Å². The van der Waals surface area contributed by atoms with Crippen molar-refractivity contribution in [2.45, 2.75) is 45.5 Å². The van der Waals surface area contributed by atoms with E-state index in [1.165, 1.54) is 23.0 Å². The number of aromatic nitrogens is 2. The van der Waals surface area contributed by atoms with Gasteiger partial charge in [0.25, 0.3) is 5.91 Å². The molecule has 0 saturated carbocycles. The molecule has 0 bridgehead atoms. The predicted octanol–water partition coefficient (Wildman–Crippen LogP) is 3.84. The Bertz CT molecular complexity index is 858. The molecule has 1 aliphatic rings. The van der Waals surface area contributed by atoms with Crippen LogP contribution in [0, 0.1) is 6.92 Å². The molecular formula is C19H22F3N3O2. The van der Waals surface area contributed by atoms with Crippen LogP contribution >= 0.6 is 0 Å². The van der Waals surface area contributed by atoms with E-state index in [2.05, 4.69) is 5.10 Å². The number of ether oxygens (including phenoxy) is 1. The van der Waals surface area contributed by atoms with E-state index in [0.29, 0.717) is 24.4 Å². The summed E-state index contributed by atoms with van der Waals surface area (Å²) in [6, 6.07) is 4.89. The fourth-order valence-electron chi connectivity index (χ4n) is 3.18. The van der Waals surface area contributed by atoms with Crippen LogP contribution in [0.25, 0.3) is 5.69 Å². The first-order valence-corrected chi connectivity index (χ1v) is 8.66. The number of carbonyl (C=O) groups excluding carboxylic acids is 1. The van der Waals surface area contributed by atoms with E-state index < -0.39 is 17.3 Å². The SMILES string of the molecule is Cc1c(C(=O)N2C[C@H](C)OCC2(C)C)cnn1-c1cccc(C(F)(F)F)c1. The van der Waals surface area contributed by atoms with Gasteiger partial charge in [-0.15, -0.1) is 0 Å².